The number of furan rings is 1. The fourth-order valence-electron chi connectivity index (χ4n) is 3.25. The van der Waals surface area contributed by atoms with Crippen molar-refractivity contribution >= 4 is 43.5 Å². The van der Waals surface area contributed by atoms with Crippen molar-refractivity contribution in [3.63, 3.8) is 0 Å². The average molecular weight is 447 g/mol. The predicted molar refractivity (Wildman–Crippen MR) is 121 cm³/mol. The van der Waals surface area contributed by atoms with Gasteiger partial charge in [0.05, 0.1) is 41.8 Å². The van der Waals surface area contributed by atoms with Crippen molar-refractivity contribution in [3.05, 3.63) is 66.8 Å². The van der Waals surface area contributed by atoms with E-state index in [9.17, 15) is 4.79 Å². The van der Waals surface area contributed by atoms with Crippen LogP contribution < -0.4 is 19.5 Å². The van der Waals surface area contributed by atoms with Gasteiger partial charge in [-0.1, -0.05) is 11.3 Å². The first kappa shape index (κ1) is 19.8. The molecule has 3 aromatic heterocycles. The lowest BCUT2D eigenvalue weighted by Crippen LogP contribution is -2.10. The van der Waals surface area contributed by atoms with Crippen molar-refractivity contribution in [3.8, 4) is 23.0 Å². The molecular formula is C23H17N3O5S. The molecule has 0 spiro atoms. The minimum Gasteiger partial charge on any atom is -0.493 e. The number of pyridine rings is 1. The molecule has 0 aliphatic rings. The molecule has 1 N–H and O–H groups in total. The zero-order valence-electron chi connectivity index (χ0n) is 17.1. The highest BCUT2D eigenvalue weighted by Gasteiger charge is 2.14. The monoisotopic (exact) mass is 447 g/mol. The van der Waals surface area contributed by atoms with Gasteiger partial charge in [0.25, 0.3) is 5.91 Å². The second-order valence-electron chi connectivity index (χ2n) is 6.75. The van der Waals surface area contributed by atoms with Crippen LogP contribution in [0.3, 0.4) is 0 Å². The number of amides is 1. The Morgan fingerprint density at radius 3 is 2.62 bits per heavy atom. The highest BCUT2D eigenvalue weighted by Crippen LogP contribution is 2.38. The third-order valence-electron chi connectivity index (χ3n) is 4.80. The summed E-state index contributed by atoms with van der Waals surface area (Å²) in [6, 6.07) is 12.6. The molecule has 0 fully saturated rings. The normalized spacial score (nSPS) is 10.9. The van der Waals surface area contributed by atoms with E-state index in [4.69, 9.17) is 18.6 Å². The summed E-state index contributed by atoms with van der Waals surface area (Å²) >= 11 is 1.36. The first-order valence-electron chi connectivity index (χ1n) is 9.57. The van der Waals surface area contributed by atoms with Gasteiger partial charge in [-0.2, -0.15) is 0 Å². The number of nitrogens with one attached hydrogen (secondary N) is 1. The summed E-state index contributed by atoms with van der Waals surface area (Å²) in [5.74, 6) is 2.18. The molecule has 5 rings (SSSR count). The maximum Gasteiger partial charge on any atom is 0.260 e. The molecule has 8 nitrogen and oxygen atoms in total. The molecule has 9 heteroatoms. The van der Waals surface area contributed by atoms with Gasteiger partial charge < -0.3 is 18.6 Å². The number of anilines is 1. The Morgan fingerprint density at radius 2 is 1.84 bits per heavy atom. The number of hydrogen-bond donors (Lipinski definition) is 1. The highest BCUT2D eigenvalue weighted by molar-refractivity contribution is 7.22. The summed E-state index contributed by atoms with van der Waals surface area (Å²) in [5.41, 5.74) is 1.92. The van der Waals surface area contributed by atoms with Crippen LogP contribution in [0.1, 0.15) is 10.4 Å². The topological polar surface area (TPSA) is 95.7 Å². The summed E-state index contributed by atoms with van der Waals surface area (Å²) < 4.78 is 22.8. The molecule has 0 saturated carbocycles. The largest absolute Gasteiger partial charge is 0.493 e. The molecule has 0 unspecified atom stereocenters. The van der Waals surface area contributed by atoms with Crippen molar-refractivity contribution < 1.29 is 23.4 Å². The van der Waals surface area contributed by atoms with Crippen LogP contribution in [0.15, 0.2) is 65.6 Å². The van der Waals surface area contributed by atoms with Crippen LogP contribution in [0.25, 0.3) is 21.1 Å². The minimum atomic E-state index is -0.276. The number of aromatic nitrogens is 2. The summed E-state index contributed by atoms with van der Waals surface area (Å²) in [6.45, 7) is 0. The standard InChI is InChI=1S/C23H17N3O5S/c1-28-19-10-15-17(11-20(19)29-2)24-7-5-18(15)31-14-3-4-16-21(9-14)32-23(25-16)26-22(27)13-6-8-30-12-13/h3-12H,1-2H3,(H,25,26,27). The Hall–Kier alpha value is -4.11. The van der Waals surface area contributed by atoms with Gasteiger partial charge in [0.2, 0.25) is 0 Å². The first-order valence-corrected chi connectivity index (χ1v) is 10.4. The fourth-order valence-corrected chi connectivity index (χ4v) is 4.14. The first-order chi connectivity index (χ1) is 15.6. The lowest BCUT2D eigenvalue weighted by Gasteiger charge is -2.12. The number of rotatable bonds is 6. The number of benzene rings is 2. The molecule has 3 heterocycles. The summed E-state index contributed by atoms with van der Waals surface area (Å²) in [4.78, 5) is 21.1. The molecule has 2 aromatic carbocycles. The van der Waals surface area contributed by atoms with E-state index in [1.165, 1.54) is 23.9 Å². The van der Waals surface area contributed by atoms with Gasteiger partial charge in [-0.15, -0.1) is 0 Å². The van der Waals surface area contributed by atoms with Gasteiger partial charge in [-0.25, -0.2) is 4.98 Å². The van der Waals surface area contributed by atoms with Gasteiger partial charge in [-0.3, -0.25) is 15.1 Å². The number of methoxy groups -OCH3 is 2. The van der Waals surface area contributed by atoms with Gasteiger partial charge in [0, 0.05) is 23.7 Å². The van der Waals surface area contributed by atoms with Crippen LogP contribution >= 0.6 is 11.3 Å². The molecule has 0 aliphatic carbocycles. The lowest BCUT2D eigenvalue weighted by atomic mass is 10.2. The van der Waals surface area contributed by atoms with Crippen LogP contribution in [0.4, 0.5) is 5.13 Å². The zero-order chi connectivity index (χ0) is 22.1. The zero-order valence-corrected chi connectivity index (χ0v) is 17.9. The Balaban J connectivity index is 1.44. The fraction of sp³-hybridized carbons (Fsp3) is 0.0870. The van der Waals surface area contributed by atoms with Crippen molar-refractivity contribution in [1.29, 1.82) is 0 Å². The minimum absolute atomic E-state index is 0.276. The number of thiazole rings is 1. The molecule has 0 radical (unpaired) electrons. The third-order valence-corrected chi connectivity index (χ3v) is 5.73. The quantitative estimate of drug-likeness (QED) is 0.367. The van der Waals surface area contributed by atoms with Gasteiger partial charge in [-0.05, 0) is 30.3 Å². The number of hydrogen-bond acceptors (Lipinski definition) is 8. The van der Waals surface area contributed by atoms with Crippen LogP contribution in [0.5, 0.6) is 23.0 Å². The van der Waals surface area contributed by atoms with Crippen molar-refractivity contribution in [2.24, 2.45) is 0 Å². The highest BCUT2D eigenvalue weighted by atomic mass is 32.1. The summed E-state index contributed by atoms with van der Waals surface area (Å²) in [5, 5.41) is 4.07. The van der Waals surface area contributed by atoms with E-state index in [-0.39, 0.29) is 5.91 Å². The molecule has 160 valence electrons. The summed E-state index contributed by atoms with van der Waals surface area (Å²) in [7, 11) is 3.17. The smallest absolute Gasteiger partial charge is 0.260 e. The van der Waals surface area contributed by atoms with Crippen LogP contribution in [-0.4, -0.2) is 30.1 Å². The number of ether oxygens (including phenoxy) is 3. The number of carbonyl (C=O) groups excluding carboxylic acids is 1. The lowest BCUT2D eigenvalue weighted by molar-refractivity contribution is 0.102. The maximum absolute atomic E-state index is 12.2. The molecule has 32 heavy (non-hydrogen) atoms. The Bertz CT molecular complexity index is 1430. The van der Waals surface area contributed by atoms with E-state index in [0.29, 0.717) is 33.7 Å². The van der Waals surface area contributed by atoms with E-state index < -0.39 is 0 Å². The van der Waals surface area contributed by atoms with E-state index >= 15 is 0 Å². The van der Waals surface area contributed by atoms with E-state index in [1.54, 1.807) is 32.5 Å². The predicted octanol–water partition coefficient (Wildman–Crippen LogP) is 5.50. The molecule has 0 atom stereocenters. The van der Waals surface area contributed by atoms with Gasteiger partial charge in [0.1, 0.15) is 17.8 Å². The van der Waals surface area contributed by atoms with E-state index in [2.05, 4.69) is 15.3 Å². The molecule has 0 aliphatic heterocycles. The number of nitrogens with zero attached hydrogens (tertiary/aromatic N) is 2. The van der Waals surface area contributed by atoms with Crippen molar-refractivity contribution in [2.45, 2.75) is 0 Å². The Labute approximate surface area is 186 Å². The SMILES string of the molecule is COc1cc2nccc(Oc3ccc4nc(NC(=O)c5ccoc5)sc4c3)c2cc1OC. The average Bonchev–Trinajstić information content (AvgIpc) is 3.48. The van der Waals surface area contributed by atoms with Crippen LogP contribution in [0.2, 0.25) is 0 Å². The second-order valence-corrected chi connectivity index (χ2v) is 7.78. The number of fused-ring (bicyclic) bond motifs is 2. The summed E-state index contributed by atoms with van der Waals surface area (Å²) in [6.07, 6.45) is 4.52. The maximum atomic E-state index is 12.2. The molecular weight excluding hydrogens is 430 g/mol. The van der Waals surface area contributed by atoms with Crippen LogP contribution in [-0.2, 0) is 0 Å². The molecule has 1 amide bonds. The Kier molecular flexibility index (Phi) is 5.08. The van der Waals surface area contributed by atoms with E-state index in [1.807, 2.05) is 30.3 Å². The van der Waals surface area contributed by atoms with Crippen molar-refractivity contribution in [1.82, 2.24) is 9.97 Å². The van der Waals surface area contributed by atoms with Gasteiger partial charge in [0.15, 0.2) is 16.6 Å². The molecule has 5 aromatic rings. The third kappa shape index (κ3) is 3.69. The van der Waals surface area contributed by atoms with E-state index in [0.717, 1.165) is 21.1 Å². The van der Waals surface area contributed by atoms with Gasteiger partial charge >= 0.3 is 0 Å². The molecule has 0 saturated heterocycles. The number of carbonyl (C=O) groups is 1. The second kappa shape index (κ2) is 8.20. The van der Waals surface area contributed by atoms with Crippen molar-refractivity contribution in [2.75, 3.05) is 19.5 Å². The Morgan fingerprint density at radius 1 is 1.00 bits per heavy atom. The van der Waals surface area contributed by atoms with Crippen LogP contribution in [0, 0.1) is 0 Å². The molecule has 0 bridgehead atoms.